The maximum atomic E-state index is 6.13. The lowest BCUT2D eigenvalue weighted by atomic mass is 9.80. The standard InChI is InChI=1S/C23H30BN5O2/c1-16-12-27-29(15-16)21-10-8-18(13-25-21)17(2)28(7)20-11-9-19(14-26-20)24-30-22(3,4)23(5,6)31-24/h8-15,17H,1-7H3. The average Bonchev–Trinajstić information content (AvgIpc) is 3.27. The molecule has 0 bridgehead atoms. The molecule has 1 aliphatic heterocycles. The number of hydrogen-bond donors (Lipinski definition) is 0. The summed E-state index contributed by atoms with van der Waals surface area (Å²) in [7, 11) is 1.63. The molecule has 7 nitrogen and oxygen atoms in total. The van der Waals surface area contributed by atoms with E-state index in [-0.39, 0.29) is 17.2 Å². The molecule has 1 unspecified atom stereocenters. The van der Waals surface area contributed by atoms with Crippen molar-refractivity contribution in [3.63, 3.8) is 0 Å². The zero-order valence-electron chi connectivity index (χ0n) is 19.3. The van der Waals surface area contributed by atoms with Crippen LogP contribution in [-0.2, 0) is 9.31 Å². The van der Waals surface area contributed by atoms with E-state index < -0.39 is 7.12 Å². The molecule has 1 fully saturated rings. The van der Waals surface area contributed by atoms with E-state index in [0.29, 0.717) is 0 Å². The first-order chi connectivity index (χ1) is 14.6. The van der Waals surface area contributed by atoms with Gasteiger partial charge in [0.15, 0.2) is 5.82 Å². The first-order valence-electron chi connectivity index (χ1n) is 10.6. The van der Waals surface area contributed by atoms with Gasteiger partial charge in [-0.2, -0.15) is 5.10 Å². The van der Waals surface area contributed by atoms with E-state index in [0.717, 1.165) is 28.2 Å². The summed E-state index contributed by atoms with van der Waals surface area (Å²) in [5, 5.41) is 4.32. The first kappa shape index (κ1) is 21.5. The second-order valence-corrected chi connectivity index (χ2v) is 9.24. The van der Waals surface area contributed by atoms with Crippen molar-refractivity contribution in [2.75, 3.05) is 11.9 Å². The van der Waals surface area contributed by atoms with E-state index in [1.165, 1.54) is 0 Å². The van der Waals surface area contributed by atoms with E-state index in [2.05, 4.69) is 60.7 Å². The molecule has 0 aliphatic carbocycles. The zero-order chi connectivity index (χ0) is 22.4. The zero-order valence-corrected chi connectivity index (χ0v) is 19.3. The normalized spacial score (nSPS) is 18.2. The quantitative estimate of drug-likeness (QED) is 0.591. The molecule has 0 aromatic carbocycles. The third-order valence-corrected chi connectivity index (χ3v) is 6.44. The highest BCUT2D eigenvalue weighted by Crippen LogP contribution is 2.36. The minimum Gasteiger partial charge on any atom is -0.399 e. The van der Waals surface area contributed by atoms with Gasteiger partial charge in [-0.05, 0) is 64.8 Å². The van der Waals surface area contributed by atoms with Gasteiger partial charge in [0, 0.05) is 31.1 Å². The molecule has 4 rings (SSSR count). The fraction of sp³-hybridized carbons (Fsp3) is 0.435. The molecule has 0 spiro atoms. The maximum Gasteiger partial charge on any atom is 0.496 e. The largest absolute Gasteiger partial charge is 0.496 e. The molecule has 0 radical (unpaired) electrons. The fourth-order valence-corrected chi connectivity index (χ4v) is 3.46. The van der Waals surface area contributed by atoms with Crippen molar-refractivity contribution in [1.82, 2.24) is 19.7 Å². The summed E-state index contributed by atoms with van der Waals surface area (Å²) >= 11 is 0. The smallest absolute Gasteiger partial charge is 0.399 e. The Morgan fingerprint density at radius 2 is 1.68 bits per heavy atom. The van der Waals surface area contributed by atoms with Crippen molar-refractivity contribution in [3.05, 3.63) is 60.2 Å². The second-order valence-electron chi connectivity index (χ2n) is 9.24. The van der Waals surface area contributed by atoms with Crippen LogP contribution in [0.15, 0.2) is 49.1 Å². The maximum absolute atomic E-state index is 6.13. The monoisotopic (exact) mass is 419 g/mol. The van der Waals surface area contributed by atoms with Gasteiger partial charge >= 0.3 is 7.12 Å². The van der Waals surface area contributed by atoms with Gasteiger partial charge in [-0.3, -0.25) is 0 Å². The van der Waals surface area contributed by atoms with E-state index in [1.807, 2.05) is 57.0 Å². The molecule has 0 saturated carbocycles. The van der Waals surface area contributed by atoms with Gasteiger partial charge in [-0.1, -0.05) is 12.1 Å². The number of aryl methyl sites for hydroxylation is 1. The number of pyridine rings is 2. The third kappa shape index (κ3) is 4.10. The van der Waals surface area contributed by atoms with Crippen LogP contribution in [0.5, 0.6) is 0 Å². The molecule has 1 aliphatic rings. The summed E-state index contributed by atoms with van der Waals surface area (Å²) in [5.74, 6) is 1.68. The Kier molecular flexibility index (Phi) is 5.39. The number of anilines is 1. The van der Waals surface area contributed by atoms with Crippen molar-refractivity contribution in [3.8, 4) is 5.82 Å². The molecule has 31 heavy (non-hydrogen) atoms. The second kappa shape index (κ2) is 7.77. The van der Waals surface area contributed by atoms with Crippen LogP contribution >= 0.6 is 0 Å². The molecule has 3 aromatic heterocycles. The van der Waals surface area contributed by atoms with Crippen LogP contribution in [0.2, 0.25) is 0 Å². The van der Waals surface area contributed by atoms with Crippen molar-refractivity contribution in [1.29, 1.82) is 0 Å². The Balaban J connectivity index is 1.46. The van der Waals surface area contributed by atoms with Crippen LogP contribution in [0, 0.1) is 6.92 Å². The average molecular weight is 419 g/mol. The van der Waals surface area contributed by atoms with Gasteiger partial charge in [-0.15, -0.1) is 0 Å². The van der Waals surface area contributed by atoms with Gasteiger partial charge in [-0.25, -0.2) is 14.6 Å². The van der Waals surface area contributed by atoms with E-state index >= 15 is 0 Å². The molecule has 1 saturated heterocycles. The molecule has 162 valence electrons. The number of nitrogens with zero attached hydrogens (tertiary/aromatic N) is 5. The molecule has 3 aromatic rings. The summed E-state index contributed by atoms with van der Waals surface area (Å²) in [5.41, 5.74) is 2.40. The Morgan fingerprint density at radius 1 is 0.968 bits per heavy atom. The number of aromatic nitrogens is 4. The van der Waals surface area contributed by atoms with Gasteiger partial charge in [0.2, 0.25) is 0 Å². The SMILES string of the molecule is Cc1cnn(-c2ccc(C(C)N(C)c3ccc(B4OC(C)(C)C(C)(C)O4)cn3)cn2)c1. The molecule has 0 N–H and O–H groups in total. The van der Waals surface area contributed by atoms with Crippen molar-refractivity contribution < 1.29 is 9.31 Å². The predicted octanol–water partition coefficient (Wildman–Crippen LogP) is 3.47. The van der Waals surface area contributed by atoms with Crippen LogP contribution in [0.25, 0.3) is 5.82 Å². The lowest BCUT2D eigenvalue weighted by molar-refractivity contribution is 0.00578. The third-order valence-electron chi connectivity index (χ3n) is 6.44. The summed E-state index contributed by atoms with van der Waals surface area (Å²) < 4.78 is 14.0. The van der Waals surface area contributed by atoms with E-state index in [9.17, 15) is 0 Å². The summed E-state index contributed by atoms with van der Waals surface area (Å²) in [6.07, 6.45) is 7.52. The van der Waals surface area contributed by atoms with Crippen LogP contribution < -0.4 is 10.4 Å². The van der Waals surface area contributed by atoms with Crippen LogP contribution in [0.1, 0.15) is 51.8 Å². The Bertz CT molecular complexity index is 1030. The van der Waals surface area contributed by atoms with Gasteiger partial charge in [0.05, 0.1) is 23.4 Å². The summed E-state index contributed by atoms with van der Waals surface area (Å²) in [6.45, 7) is 12.4. The Labute approximate surface area is 184 Å². The van der Waals surface area contributed by atoms with E-state index in [4.69, 9.17) is 9.31 Å². The Hall–Kier alpha value is -2.71. The molecule has 0 amide bonds. The lowest BCUT2D eigenvalue weighted by Crippen LogP contribution is -2.41. The van der Waals surface area contributed by atoms with Gasteiger partial charge in [0.25, 0.3) is 0 Å². The predicted molar refractivity (Wildman–Crippen MR) is 123 cm³/mol. The van der Waals surface area contributed by atoms with Crippen molar-refractivity contribution >= 4 is 18.4 Å². The topological polar surface area (TPSA) is 65.3 Å². The minimum absolute atomic E-state index is 0.108. The molecular weight excluding hydrogens is 389 g/mol. The molecular formula is C23H30BN5O2. The summed E-state index contributed by atoms with van der Waals surface area (Å²) in [6, 6.07) is 8.21. The van der Waals surface area contributed by atoms with Gasteiger partial charge < -0.3 is 14.2 Å². The fourth-order valence-electron chi connectivity index (χ4n) is 3.46. The highest BCUT2D eigenvalue weighted by Gasteiger charge is 2.51. The number of hydrogen-bond acceptors (Lipinski definition) is 6. The molecule has 4 heterocycles. The summed E-state index contributed by atoms with van der Waals surface area (Å²) in [4.78, 5) is 11.4. The molecule has 1 atom stereocenters. The minimum atomic E-state index is -0.406. The molecule has 8 heteroatoms. The van der Waals surface area contributed by atoms with Crippen LogP contribution in [-0.4, -0.2) is 45.1 Å². The van der Waals surface area contributed by atoms with Crippen LogP contribution in [0.4, 0.5) is 5.82 Å². The van der Waals surface area contributed by atoms with Crippen molar-refractivity contribution in [2.24, 2.45) is 0 Å². The highest BCUT2D eigenvalue weighted by molar-refractivity contribution is 6.62. The van der Waals surface area contributed by atoms with Gasteiger partial charge in [0.1, 0.15) is 5.82 Å². The first-order valence-corrected chi connectivity index (χ1v) is 10.6. The Morgan fingerprint density at radius 3 is 2.19 bits per heavy atom. The lowest BCUT2D eigenvalue weighted by Gasteiger charge is -2.32. The number of rotatable bonds is 5. The highest BCUT2D eigenvalue weighted by atomic mass is 16.7. The van der Waals surface area contributed by atoms with Crippen molar-refractivity contribution in [2.45, 2.75) is 58.8 Å². The van der Waals surface area contributed by atoms with E-state index in [1.54, 1.807) is 4.68 Å². The van der Waals surface area contributed by atoms with Crippen LogP contribution in [0.3, 0.4) is 0 Å².